The zero-order valence-electron chi connectivity index (χ0n) is 19.2. The molecule has 0 radical (unpaired) electrons. The van der Waals surface area contributed by atoms with Gasteiger partial charge in [-0.05, 0) is 30.2 Å². The lowest BCUT2D eigenvalue weighted by Gasteiger charge is -2.33. The summed E-state index contributed by atoms with van der Waals surface area (Å²) in [6, 6.07) is 26.8. The lowest BCUT2D eigenvalue weighted by Crippen LogP contribution is -3.19. The minimum Gasteiger partial charge on any atom is -0.323 e. The minimum absolute atomic E-state index is 0.0707. The van der Waals surface area contributed by atoms with Crippen LogP contribution in [-0.4, -0.2) is 50.9 Å². The van der Waals surface area contributed by atoms with Crippen molar-refractivity contribution in [3.8, 4) is 11.1 Å². The summed E-state index contributed by atoms with van der Waals surface area (Å²) in [4.78, 5) is 14.1. The molecular weight excluding hydrogens is 446 g/mol. The molecule has 0 spiro atoms. The molecule has 1 saturated heterocycles. The first-order valence-electron chi connectivity index (χ1n) is 11.5. The molecule has 1 heterocycles. The van der Waals surface area contributed by atoms with Crippen molar-refractivity contribution in [2.75, 3.05) is 31.5 Å². The van der Waals surface area contributed by atoms with Crippen molar-refractivity contribution in [2.24, 2.45) is 0 Å². The number of piperazine rings is 1. The van der Waals surface area contributed by atoms with Crippen LogP contribution < -0.4 is 10.2 Å². The van der Waals surface area contributed by atoms with E-state index in [1.807, 2.05) is 91.9 Å². The van der Waals surface area contributed by atoms with Gasteiger partial charge in [0.15, 0.2) is 6.04 Å². The van der Waals surface area contributed by atoms with Crippen LogP contribution in [0, 0.1) is 0 Å². The van der Waals surface area contributed by atoms with Crippen LogP contribution in [0.25, 0.3) is 17.2 Å². The number of hydrogen-bond acceptors (Lipinski definition) is 3. The molecule has 6 nitrogen and oxygen atoms in total. The molecule has 3 aromatic carbocycles. The maximum absolute atomic E-state index is 13.1. The third kappa shape index (κ3) is 5.80. The van der Waals surface area contributed by atoms with E-state index in [2.05, 4.69) is 5.32 Å². The van der Waals surface area contributed by atoms with Gasteiger partial charge in [-0.3, -0.25) is 4.79 Å². The maximum Gasteiger partial charge on any atom is 0.282 e. The topological polar surface area (TPSA) is 70.9 Å². The van der Waals surface area contributed by atoms with Gasteiger partial charge in [0, 0.05) is 16.7 Å². The SMILES string of the molecule is C[C@@H](C(=O)Nc1ccccc1-c1ccccc1)[NH+]1CCN(S(=O)(=O)/C=C/c2ccccc2)CC1. The average Bonchev–Trinajstić information content (AvgIpc) is 2.88. The highest BCUT2D eigenvalue weighted by atomic mass is 32.2. The highest BCUT2D eigenvalue weighted by Gasteiger charge is 2.33. The van der Waals surface area contributed by atoms with E-state index in [9.17, 15) is 13.2 Å². The molecule has 0 bridgehead atoms. The van der Waals surface area contributed by atoms with Crippen LogP contribution >= 0.6 is 0 Å². The van der Waals surface area contributed by atoms with Crippen LogP contribution in [0.2, 0.25) is 0 Å². The van der Waals surface area contributed by atoms with Gasteiger partial charge in [0.05, 0.1) is 26.2 Å². The molecule has 0 aromatic heterocycles. The van der Waals surface area contributed by atoms with E-state index in [0.717, 1.165) is 27.3 Å². The highest BCUT2D eigenvalue weighted by molar-refractivity contribution is 7.92. The number of hydrogen-bond donors (Lipinski definition) is 2. The Morgan fingerprint density at radius 2 is 1.50 bits per heavy atom. The fourth-order valence-corrected chi connectivity index (χ4v) is 5.36. The van der Waals surface area contributed by atoms with Crippen LogP contribution in [0.5, 0.6) is 0 Å². The molecule has 7 heteroatoms. The number of para-hydroxylation sites is 1. The van der Waals surface area contributed by atoms with Crippen molar-refractivity contribution in [1.29, 1.82) is 0 Å². The maximum atomic E-state index is 13.1. The van der Waals surface area contributed by atoms with Gasteiger partial charge in [-0.1, -0.05) is 78.9 Å². The third-order valence-electron chi connectivity index (χ3n) is 6.23. The molecule has 4 rings (SSSR count). The lowest BCUT2D eigenvalue weighted by atomic mass is 10.0. The number of anilines is 1. The molecule has 1 fully saturated rings. The monoisotopic (exact) mass is 476 g/mol. The largest absolute Gasteiger partial charge is 0.323 e. The van der Waals surface area contributed by atoms with Gasteiger partial charge in [0.25, 0.3) is 5.91 Å². The summed E-state index contributed by atoms with van der Waals surface area (Å²) in [7, 11) is -3.50. The number of sulfonamides is 1. The first-order chi connectivity index (χ1) is 16.4. The summed E-state index contributed by atoms with van der Waals surface area (Å²) in [5, 5.41) is 4.35. The molecule has 0 aliphatic carbocycles. The molecule has 1 aliphatic rings. The zero-order chi connectivity index (χ0) is 24.0. The molecule has 1 aliphatic heterocycles. The third-order valence-corrected chi connectivity index (χ3v) is 7.80. The number of carbonyl (C=O) groups is 1. The fraction of sp³-hybridized carbons (Fsp3) is 0.222. The Hall–Kier alpha value is -3.26. The van der Waals surface area contributed by atoms with Gasteiger partial charge in [-0.15, -0.1) is 0 Å². The number of carbonyl (C=O) groups excluding carboxylic acids is 1. The van der Waals surface area contributed by atoms with Crippen molar-refractivity contribution in [1.82, 2.24) is 4.31 Å². The number of nitrogens with one attached hydrogen (secondary N) is 2. The second-order valence-corrected chi connectivity index (χ2v) is 10.3. The summed E-state index contributed by atoms with van der Waals surface area (Å²) in [6.07, 6.45) is 1.62. The van der Waals surface area contributed by atoms with Crippen LogP contribution in [0.15, 0.2) is 90.3 Å². The molecule has 3 aromatic rings. The summed E-state index contributed by atoms with van der Waals surface area (Å²) < 4.78 is 27.0. The van der Waals surface area contributed by atoms with Gasteiger partial charge in [0.1, 0.15) is 0 Å². The summed E-state index contributed by atoms with van der Waals surface area (Å²) in [6.45, 7) is 3.82. The Morgan fingerprint density at radius 1 is 0.912 bits per heavy atom. The Kier molecular flexibility index (Phi) is 7.57. The van der Waals surface area contributed by atoms with Crippen LogP contribution in [0.4, 0.5) is 5.69 Å². The van der Waals surface area contributed by atoms with E-state index in [-0.39, 0.29) is 11.9 Å². The van der Waals surface area contributed by atoms with Gasteiger partial charge in [0.2, 0.25) is 10.0 Å². The Morgan fingerprint density at radius 3 is 2.18 bits per heavy atom. The van der Waals surface area contributed by atoms with E-state index in [4.69, 9.17) is 0 Å². The normalized spacial score (nSPS) is 16.4. The Bertz CT molecular complexity index is 1240. The zero-order valence-corrected chi connectivity index (χ0v) is 20.0. The standard InChI is InChI=1S/C27H29N3O3S/c1-22(27(31)28-26-15-9-8-14-25(26)24-12-6-3-7-13-24)29-17-19-30(20-18-29)34(32,33)21-16-23-10-4-2-5-11-23/h2-16,21-22H,17-20H2,1H3,(H,28,31)/p+1/b21-16+/t22-/m0/s1. The number of quaternary nitrogens is 1. The van der Waals surface area contributed by atoms with Crippen molar-refractivity contribution in [2.45, 2.75) is 13.0 Å². The van der Waals surface area contributed by atoms with Crippen LogP contribution in [0.3, 0.4) is 0 Å². The summed E-state index contributed by atoms with van der Waals surface area (Å²) in [5.74, 6) is -0.0707. The first-order valence-corrected chi connectivity index (χ1v) is 13.0. The first kappa shape index (κ1) is 23.9. The van der Waals surface area contributed by atoms with Crippen molar-refractivity contribution >= 4 is 27.7 Å². The fourth-order valence-electron chi connectivity index (χ4n) is 4.16. The molecule has 0 unspecified atom stereocenters. The molecular formula is C27H30N3O3S+. The van der Waals surface area contributed by atoms with Crippen molar-refractivity contribution < 1.29 is 18.1 Å². The smallest absolute Gasteiger partial charge is 0.282 e. The Labute approximate surface area is 201 Å². The van der Waals surface area contributed by atoms with E-state index < -0.39 is 10.0 Å². The van der Waals surface area contributed by atoms with Gasteiger partial charge in [-0.25, -0.2) is 8.42 Å². The second-order valence-electron chi connectivity index (χ2n) is 8.44. The van der Waals surface area contributed by atoms with E-state index in [0.29, 0.717) is 26.2 Å². The molecule has 0 saturated carbocycles. The van der Waals surface area contributed by atoms with Gasteiger partial charge < -0.3 is 10.2 Å². The van der Waals surface area contributed by atoms with Gasteiger partial charge in [-0.2, -0.15) is 4.31 Å². The van der Waals surface area contributed by atoms with Crippen molar-refractivity contribution in [3.63, 3.8) is 0 Å². The number of amides is 1. The average molecular weight is 477 g/mol. The quantitative estimate of drug-likeness (QED) is 0.551. The number of rotatable bonds is 7. The Balaban J connectivity index is 1.36. The molecule has 2 N–H and O–H groups in total. The van der Waals surface area contributed by atoms with E-state index in [1.54, 1.807) is 6.08 Å². The predicted molar refractivity (Wildman–Crippen MR) is 137 cm³/mol. The predicted octanol–water partition coefficient (Wildman–Crippen LogP) is 2.88. The van der Waals surface area contributed by atoms with E-state index in [1.165, 1.54) is 9.71 Å². The van der Waals surface area contributed by atoms with Crippen LogP contribution in [-0.2, 0) is 14.8 Å². The summed E-state index contributed by atoms with van der Waals surface area (Å²) >= 11 is 0. The number of benzene rings is 3. The molecule has 1 atom stereocenters. The van der Waals surface area contributed by atoms with Gasteiger partial charge >= 0.3 is 0 Å². The molecule has 34 heavy (non-hydrogen) atoms. The van der Waals surface area contributed by atoms with Crippen LogP contribution in [0.1, 0.15) is 12.5 Å². The summed E-state index contributed by atoms with van der Waals surface area (Å²) in [5.41, 5.74) is 3.63. The number of nitrogens with zero attached hydrogens (tertiary/aromatic N) is 1. The molecule has 1 amide bonds. The highest BCUT2D eigenvalue weighted by Crippen LogP contribution is 2.27. The van der Waals surface area contributed by atoms with E-state index >= 15 is 0 Å². The second kappa shape index (κ2) is 10.8. The minimum atomic E-state index is -3.50. The lowest BCUT2D eigenvalue weighted by molar-refractivity contribution is -0.917. The molecule has 176 valence electrons. The van der Waals surface area contributed by atoms with Crippen molar-refractivity contribution in [3.05, 3.63) is 95.9 Å².